The molecule has 9 atom stereocenters. The molecule has 1 heterocycles. The van der Waals surface area contributed by atoms with E-state index in [-0.39, 0.29) is 33.0 Å². The van der Waals surface area contributed by atoms with Crippen LogP contribution in [0.4, 0.5) is 0 Å². The molecule has 1 saturated heterocycles. The van der Waals surface area contributed by atoms with Crippen LogP contribution >= 0.6 is 10.6 Å². The Morgan fingerprint density at radius 3 is 2.30 bits per heavy atom. The Hall–Kier alpha value is -2.39. The summed E-state index contributed by atoms with van der Waals surface area (Å²) in [4.78, 5) is 27.1. The third kappa shape index (κ3) is 6.57. The maximum Gasteiger partial charge on any atom is 0.335 e. The number of hydrogen-bond donors (Lipinski definition) is 4. The number of carbonyl (C=O) groups is 2. The molecule has 4 saturated carbocycles. The highest BCUT2D eigenvalue weighted by Gasteiger charge is 2.70. The van der Waals surface area contributed by atoms with E-state index < -0.39 is 16.6 Å². The Bertz CT molecular complexity index is 1690. The Balaban J connectivity index is 1.08. The maximum atomic E-state index is 13.3. The summed E-state index contributed by atoms with van der Waals surface area (Å²) in [6.07, 6.45) is 18.3. The fourth-order valence-electron chi connectivity index (χ4n) is 14.2. The van der Waals surface area contributed by atoms with E-state index in [1.54, 1.807) is 12.1 Å². The number of hydrogen-bond acceptors (Lipinski definition) is 5. The number of allylic oxidation sites excluding steroid dienone is 4. The van der Waals surface area contributed by atoms with Crippen molar-refractivity contribution in [1.29, 1.82) is 0 Å². The Morgan fingerprint density at radius 1 is 0.926 bits per heavy atom. The standard InChI is InChI=1S/C46H68N2O5S/c1-31(2)34-15-21-46(22-18-39(49)47-25-8-26-48-27-29-54(52,53)30-28-48)24-23-44(6)36(40(34)46)13-14-38-43(5)19-16-35(32-9-11-33(12-10-32)41(50)51)42(3,4)37(43)17-20-45(38,44)7/h9-12,16,18,22,34,36-38,40,52-53H,1,8,13-15,17,19-21,23-30H2,2-7H3,(H,47,49)(H,50,51)/b22-18+/t34-,36+,37-,38+,40+,43-,44+,45+,46-/m0/s1. The van der Waals surface area contributed by atoms with Crippen LogP contribution in [0.15, 0.2) is 54.6 Å². The number of carbonyl (C=O) groups excluding carboxylic acids is 1. The second kappa shape index (κ2) is 14.2. The molecule has 5 fully saturated rings. The highest BCUT2D eigenvalue weighted by molar-refractivity contribution is 8.24. The average Bonchev–Trinajstić information content (AvgIpc) is 3.50. The van der Waals surface area contributed by atoms with E-state index >= 15 is 0 Å². The number of nitrogens with zero attached hydrogens (tertiary/aromatic N) is 1. The summed E-state index contributed by atoms with van der Waals surface area (Å²) in [7, 11) is -2.38. The summed E-state index contributed by atoms with van der Waals surface area (Å²) in [5.74, 6) is 2.84. The predicted molar refractivity (Wildman–Crippen MR) is 222 cm³/mol. The van der Waals surface area contributed by atoms with Crippen molar-refractivity contribution in [3.63, 3.8) is 0 Å². The largest absolute Gasteiger partial charge is 0.478 e. The lowest BCUT2D eigenvalue weighted by Crippen LogP contribution is -2.65. The molecule has 7 nitrogen and oxygen atoms in total. The molecule has 0 unspecified atom stereocenters. The van der Waals surface area contributed by atoms with Gasteiger partial charge in [-0.1, -0.05) is 71.1 Å². The van der Waals surface area contributed by atoms with Crippen molar-refractivity contribution in [3.05, 3.63) is 65.8 Å². The van der Waals surface area contributed by atoms with Gasteiger partial charge in [0.25, 0.3) is 0 Å². The minimum absolute atomic E-state index is 0.00939. The minimum atomic E-state index is -2.38. The molecule has 1 aromatic rings. The molecule has 6 aliphatic rings. The van der Waals surface area contributed by atoms with E-state index in [0.29, 0.717) is 66.3 Å². The monoisotopic (exact) mass is 760 g/mol. The molecule has 5 aliphatic carbocycles. The Kier molecular flexibility index (Phi) is 10.5. The van der Waals surface area contributed by atoms with E-state index in [2.05, 4.69) is 70.5 Å². The quantitative estimate of drug-likeness (QED) is 0.113. The summed E-state index contributed by atoms with van der Waals surface area (Å²) < 4.78 is 19.8. The SMILES string of the molecule is C=C(C)[C@@H]1CC[C@]2(/C=C/C(=O)NCCCN3CCS(O)(O)CC3)CC[C@]3(C)[C@H](CC[C@@H]4[C@@]5(C)CC=C(c6ccc(C(=O)O)cc6)C(C)(C)[C@@H]5CC[C@]43C)[C@@H]12. The van der Waals surface area contributed by atoms with Crippen molar-refractivity contribution in [2.24, 2.45) is 56.7 Å². The Labute approximate surface area is 326 Å². The summed E-state index contributed by atoms with van der Waals surface area (Å²) >= 11 is 0. The van der Waals surface area contributed by atoms with Crippen molar-refractivity contribution in [3.8, 4) is 0 Å². The molecule has 0 bridgehead atoms. The number of aromatic carboxylic acids is 1. The van der Waals surface area contributed by atoms with Gasteiger partial charge in [-0.15, -0.1) is 0 Å². The van der Waals surface area contributed by atoms with E-state index in [4.69, 9.17) is 0 Å². The molecule has 54 heavy (non-hydrogen) atoms. The zero-order valence-electron chi connectivity index (χ0n) is 34.0. The summed E-state index contributed by atoms with van der Waals surface area (Å²) in [5.41, 5.74) is 4.86. The van der Waals surface area contributed by atoms with E-state index in [1.807, 2.05) is 18.2 Å². The lowest BCUT2D eigenvalue weighted by molar-refractivity contribution is -0.221. The van der Waals surface area contributed by atoms with Gasteiger partial charge in [-0.25, -0.2) is 4.79 Å². The van der Waals surface area contributed by atoms with E-state index in [1.165, 1.54) is 43.3 Å². The van der Waals surface area contributed by atoms with Gasteiger partial charge in [0.2, 0.25) is 5.91 Å². The molecule has 298 valence electrons. The van der Waals surface area contributed by atoms with Gasteiger partial charge in [0.1, 0.15) is 0 Å². The first-order valence-corrected chi connectivity index (χ1v) is 22.9. The molecule has 4 N–H and O–H groups in total. The number of amides is 1. The number of carboxylic acids is 1. The molecule has 1 aromatic carbocycles. The first kappa shape index (κ1) is 39.8. The van der Waals surface area contributed by atoms with E-state index in [0.717, 1.165) is 44.2 Å². The summed E-state index contributed by atoms with van der Waals surface area (Å²) in [5, 5.41) is 12.7. The molecule has 1 aliphatic heterocycles. The van der Waals surface area contributed by atoms with Crippen molar-refractivity contribution in [1.82, 2.24) is 10.2 Å². The molecule has 8 heteroatoms. The number of benzene rings is 1. The number of fused-ring (bicyclic) bond motifs is 7. The van der Waals surface area contributed by atoms with Crippen LogP contribution in [0.1, 0.15) is 122 Å². The van der Waals surface area contributed by atoms with Gasteiger partial charge in [-0.2, -0.15) is 10.6 Å². The smallest absolute Gasteiger partial charge is 0.335 e. The van der Waals surface area contributed by atoms with Crippen molar-refractivity contribution < 1.29 is 23.8 Å². The van der Waals surface area contributed by atoms with Gasteiger partial charge < -0.3 is 15.3 Å². The van der Waals surface area contributed by atoms with Gasteiger partial charge in [0, 0.05) is 19.6 Å². The Morgan fingerprint density at radius 2 is 1.63 bits per heavy atom. The predicted octanol–water partition coefficient (Wildman–Crippen LogP) is 10.2. The van der Waals surface area contributed by atoms with Crippen LogP contribution in [0.3, 0.4) is 0 Å². The van der Waals surface area contributed by atoms with Gasteiger partial charge in [-0.05, 0) is 164 Å². The average molecular weight is 761 g/mol. The number of carboxylic acid groups (broad SMARTS) is 1. The minimum Gasteiger partial charge on any atom is -0.478 e. The van der Waals surface area contributed by atoms with Crippen LogP contribution in [0.5, 0.6) is 0 Å². The number of nitrogens with one attached hydrogen (secondary N) is 1. The number of rotatable bonds is 9. The third-order valence-corrected chi connectivity index (χ3v) is 18.8. The van der Waals surface area contributed by atoms with Crippen LogP contribution in [0, 0.1) is 56.7 Å². The van der Waals surface area contributed by atoms with Gasteiger partial charge in [0.15, 0.2) is 0 Å². The normalized spacial score (nSPS) is 40.4. The van der Waals surface area contributed by atoms with Gasteiger partial charge in [0.05, 0.1) is 17.1 Å². The second-order valence-corrected chi connectivity index (χ2v) is 22.3. The highest BCUT2D eigenvalue weighted by Crippen LogP contribution is 2.78. The zero-order chi connectivity index (χ0) is 38.9. The highest BCUT2D eigenvalue weighted by atomic mass is 32.3. The van der Waals surface area contributed by atoms with Crippen molar-refractivity contribution >= 4 is 28.0 Å². The maximum absolute atomic E-state index is 13.3. The lowest BCUT2D eigenvalue weighted by atomic mass is 9.32. The van der Waals surface area contributed by atoms with Crippen LogP contribution in [0.2, 0.25) is 0 Å². The molecular weight excluding hydrogens is 693 g/mol. The first-order valence-electron chi connectivity index (χ1n) is 21.0. The molecule has 1 amide bonds. The summed E-state index contributed by atoms with van der Waals surface area (Å²) in [6.45, 7) is 22.6. The summed E-state index contributed by atoms with van der Waals surface area (Å²) in [6, 6.07) is 7.55. The first-order chi connectivity index (χ1) is 25.4. The van der Waals surface area contributed by atoms with Crippen molar-refractivity contribution in [2.45, 2.75) is 106 Å². The fourth-order valence-corrected chi connectivity index (χ4v) is 15.5. The molecule has 7 rings (SSSR count). The lowest BCUT2D eigenvalue weighted by Gasteiger charge is -2.72. The zero-order valence-corrected chi connectivity index (χ0v) is 34.8. The molecule has 0 spiro atoms. The van der Waals surface area contributed by atoms with Crippen LogP contribution < -0.4 is 5.32 Å². The topological polar surface area (TPSA) is 110 Å². The van der Waals surface area contributed by atoms with Crippen molar-refractivity contribution in [2.75, 3.05) is 37.7 Å². The fraction of sp³-hybridized carbons (Fsp3) is 0.696. The van der Waals surface area contributed by atoms with E-state index in [9.17, 15) is 23.8 Å². The van der Waals surface area contributed by atoms with Crippen LogP contribution in [-0.2, 0) is 4.79 Å². The van der Waals surface area contributed by atoms with Crippen LogP contribution in [-0.4, -0.2) is 68.7 Å². The third-order valence-electron chi connectivity index (χ3n) is 17.1. The molecular formula is C46H68N2O5S. The second-order valence-electron chi connectivity index (χ2n) is 19.9. The molecule has 0 radical (unpaired) electrons. The van der Waals surface area contributed by atoms with Crippen LogP contribution in [0.25, 0.3) is 5.57 Å². The van der Waals surface area contributed by atoms with Gasteiger partial charge in [-0.3, -0.25) is 13.9 Å². The molecule has 0 aromatic heterocycles. The van der Waals surface area contributed by atoms with Gasteiger partial charge >= 0.3 is 5.97 Å².